The summed E-state index contributed by atoms with van der Waals surface area (Å²) in [6, 6.07) is 30.9. The number of aryl methyl sites for hydroxylation is 5. The van der Waals surface area contributed by atoms with Crippen LogP contribution in [0, 0.1) is 44.9 Å². The summed E-state index contributed by atoms with van der Waals surface area (Å²) < 4.78 is 0. The molecule has 0 heterocycles. The van der Waals surface area contributed by atoms with Crippen LogP contribution in [0.25, 0.3) is 24.3 Å². The molecule has 4 aromatic carbocycles. The minimum absolute atomic E-state index is 0. The molecule has 4 bridgehead atoms. The van der Waals surface area contributed by atoms with Crippen molar-refractivity contribution in [2.24, 2.45) is 0 Å². The molecule has 0 N–H and O–H groups in total. The van der Waals surface area contributed by atoms with Gasteiger partial charge in [-0.1, -0.05) is 123 Å². The van der Waals surface area contributed by atoms with E-state index in [9.17, 15) is 0 Å². The fourth-order valence-corrected chi connectivity index (χ4v) is 7.29. The summed E-state index contributed by atoms with van der Waals surface area (Å²) in [5.74, 6) is 4.06. The average Bonchev–Trinajstić information content (AvgIpc) is 3.15. The molecule has 4 heteroatoms. The van der Waals surface area contributed by atoms with Gasteiger partial charge in [-0.25, -0.2) is 46.8 Å². The van der Waals surface area contributed by atoms with Crippen LogP contribution in [0.3, 0.4) is 0 Å². The van der Waals surface area contributed by atoms with Crippen LogP contribution in [0.5, 0.6) is 0 Å². The topological polar surface area (TPSA) is 0 Å². The third-order valence-electron chi connectivity index (χ3n) is 10.7. The molecule has 0 saturated heterocycles. The molecular weight excluding hydrogens is 717 g/mol. The standard InChI is InChI=1S/C52H48.4Na/c1-37-13-5-9-17-41(37)21-25-45-33-50-31-32-52-36-47(27-23-43-19-11-7-15-39(43)3)51(35-48(52)28-24-44-20-12-8-16-40(44)4)30-29-49(45)34-46(50)26-22-42-18-10-6-14-38(42)2;;;;/h5-28,33-36H,29-32H2,1-4H3;;;;/q-4;4*+1/b25-21-,26-22+,28-24-,43-23-;;;;. The van der Waals surface area contributed by atoms with Crippen molar-refractivity contribution in [3.8, 4) is 0 Å². The van der Waals surface area contributed by atoms with Gasteiger partial charge in [-0.15, -0.1) is 29.9 Å². The van der Waals surface area contributed by atoms with Crippen LogP contribution in [0.15, 0.2) is 156 Å². The smallest absolute Gasteiger partial charge is 0.227 e. The molecule has 0 spiro atoms. The molecule has 4 aromatic rings. The molecule has 6 aliphatic carbocycles. The molecule has 0 saturated carbocycles. The first-order valence-electron chi connectivity index (χ1n) is 18.7. The van der Waals surface area contributed by atoms with Gasteiger partial charge in [0, 0.05) is 0 Å². The zero-order valence-electron chi connectivity index (χ0n) is 35.0. The van der Waals surface area contributed by atoms with E-state index in [0.717, 1.165) is 25.7 Å². The second-order valence-electron chi connectivity index (χ2n) is 14.3. The van der Waals surface area contributed by atoms with Gasteiger partial charge in [0.15, 0.2) is 0 Å². The third kappa shape index (κ3) is 12.6. The van der Waals surface area contributed by atoms with Crippen LogP contribution in [-0.2, 0) is 12.8 Å². The van der Waals surface area contributed by atoms with Crippen molar-refractivity contribution in [3.63, 3.8) is 0 Å². The fraction of sp³-hybridized carbons (Fsp3) is 0.154. The van der Waals surface area contributed by atoms with E-state index in [0.29, 0.717) is 0 Å². The van der Waals surface area contributed by atoms with Crippen LogP contribution < -0.4 is 118 Å². The summed E-state index contributed by atoms with van der Waals surface area (Å²) in [4.78, 5) is 0. The molecule has 0 atom stereocenters. The third-order valence-corrected chi connectivity index (χ3v) is 10.7. The Morgan fingerprint density at radius 2 is 1.00 bits per heavy atom. The number of benzene rings is 4. The number of rotatable bonds is 8. The van der Waals surface area contributed by atoms with Crippen LogP contribution in [0.1, 0.15) is 75.4 Å². The van der Waals surface area contributed by atoms with Crippen LogP contribution in [0.2, 0.25) is 0 Å². The molecular formula is C52H48Na4. The second kappa shape index (κ2) is 23.8. The van der Waals surface area contributed by atoms with Gasteiger partial charge in [0.2, 0.25) is 0 Å². The van der Waals surface area contributed by atoms with Gasteiger partial charge < -0.3 is 0 Å². The zero-order chi connectivity index (χ0) is 35.9. The first kappa shape index (κ1) is 48.6. The molecule has 56 heavy (non-hydrogen) atoms. The first-order chi connectivity index (χ1) is 25.4. The summed E-state index contributed by atoms with van der Waals surface area (Å²) >= 11 is 0. The number of hydrogen-bond donors (Lipinski definition) is 0. The molecule has 0 unspecified atom stereocenters. The fourth-order valence-electron chi connectivity index (χ4n) is 7.29. The van der Waals surface area contributed by atoms with E-state index in [1.54, 1.807) is 0 Å². The summed E-state index contributed by atoms with van der Waals surface area (Å²) in [5.41, 5.74) is 17.0. The number of allylic oxidation sites excluding steroid dienone is 12. The van der Waals surface area contributed by atoms with E-state index in [-0.39, 0.29) is 118 Å². The van der Waals surface area contributed by atoms with Crippen molar-refractivity contribution in [2.75, 3.05) is 0 Å². The van der Waals surface area contributed by atoms with Gasteiger partial charge in [-0.05, 0) is 66.1 Å². The maximum absolute atomic E-state index is 2.47. The molecule has 6 aliphatic rings. The Labute approximate surface area is 426 Å². The molecule has 260 valence electrons. The van der Waals surface area contributed by atoms with E-state index in [1.165, 1.54) is 90.1 Å². The van der Waals surface area contributed by atoms with Crippen LogP contribution in [-0.4, -0.2) is 0 Å². The summed E-state index contributed by atoms with van der Waals surface area (Å²) in [6.45, 7) is 8.77. The predicted molar refractivity (Wildman–Crippen MR) is 225 cm³/mol. The Balaban J connectivity index is 0.00000210. The minimum atomic E-state index is 0. The molecule has 0 aliphatic heterocycles. The molecule has 0 fully saturated rings. The normalized spacial score (nSPS) is 15.5. The largest absolute Gasteiger partial charge is 1.00 e. The van der Waals surface area contributed by atoms with E-state index in [1.807, 2.05) is 0 Å². The van der Waals surface area contributed by atoms with E-state index < -0.39 is 0 Å². The van der Waals surface area contributed by atoms with E-state index in [4.69, 9.17) is 0 Å². The summed E-state index contributed by atoms with van der Waals surface area (Å²) in [5, 5.41) is 0. The van der Waals surface area contributed by atoms with Gasteiger partial charge >= 0.3 is 118 Å². The van der Waals surface area contributed by atoms with Crippen LogP contribution in [0.4, 0.5) is 0 Å². The van der Waals surface area contributed by atoms with Crippen molar-refractivity contribution in [3.05, 3.63) is 236 Å². The monoisotopic (exact) mass is 764 g/mol. The maximum atomic E-state index is 2.47. The Hall–Kier alpha value is -1.72. The van der Waals surface area contributed by atoms with Gasteiger partial charge in [0.05, 0.1) is 0 Å². The molecule has 0 aromatic heterocycles. The summed E-state index contributed by atoms with van der Waals surface area (Å²) in [6.07, 6.45) is 36.0. The van der Waals surface area contributed by atoms with Crippen molar-refractivity contribution in [1.82, 2.24) is 0 Å². The van der Waals surface area contributed by atoms with Crippen molar-refractivity contribution >= 4 is 24.3 Å². The second-order valence-corrected chi connectivity index (χ2v) is 14.3. The molecule has 0 radical (unpaired) electrons. The quantitative estimate of drug-likeness (QED) is 0.145. The predicted octanol–water partition coefficient (Wildman–Crippen LogP) is 1.32. The van der Waals surface area contributed by atoms with Crippen molar-refractivity contribution in [2.45, 2.75) is 53.4 Å². The molecule has 0 amide bonds. The first-order valence-corrected chi connectivity index (χ1v) is 18.7. The van der Waals surface area contributed by atoms with Gasteiger partial charge in [0.1, 0.15) is 0 Å². The Bertz CT molecular complexity index is 2190. The van der Waals surface area contributed by atoms with Crippen molar-refractivity contribution in [1.29, 1.82) is 0 Å². The number of hydrogen-bond acceptors (Lipinski definition) is 0. The van der Waals surface area contributed by atoms with Gasteiger partial charge in [-0.3, -0.25) is 0 Å². The minimum Gasteiger partial charge on any atom is -0.227 e. The molecule has 0 nitrogen and oxygen atoms in total. The average molecular weight is 765 g/mol. The van der Waals surface area contributed by atoms with Crippen LogP contribution >= 0.6 is 0 Å². The molecule has 10 rings (SSSR count). The van der Waals surface area contributed by atoms with Crippen molar-refractivity contribution < 1.29 is 118 Å². The Morgan fingerprint density at radius 1 is 0.536 bits per heavy atom. The van der Waals surface area contributed by atoms with Gasteiger partial charge in [-0.2, -0.15) is 48.3 Å². The Kier molecular flexibility index (Phi) is 20.6. The van der Waals surface area contributed by atoms with Gasteiger partial charge in [0.25, 0.3) is 0 Å². The Morgan fingerprint density at radius 3 is 1.50 bits per heavy atom. The SMILES string of the molecule is Cc1ccccc1/C=C\C1=C[C-]2CCc3cc([CH-]/C=C4/C=CC=C[C-]4C)c(cc3/C=C\c3ccccc3C)CC[C-]1C=C2/C=C/c1ccccc1C.[Na+].[Na+].[Na+].[Na+]. The maximum Gasteiger partial charge on any atom is 1.00 e. The summed E-state index contributed by atoms with van der Waals surface area (Å²) in [7, 11) is 0. The zero-order valence-corrected chi connectivity index (χ0v) is 43.0. The van der Waals surface area contributed by atoms with E-state index >= 15 is 0 Å². The van der Waals surface area contributed by atoms with E-state index in [2.05, 4.69) is 198 Å².